The number of hydrogen-bond acceptors (Lipinski definition) is 9. The predicted octanol–water partition coefficient (Wildman–Crippen LogP) is 2.87. The molecule has 0 spiro atoms. The van der Waals surface area contributed by atoms with E-state index in [2.05, 4.69) is 24.0 Å². The Morgan fingerprint density at radius 3 is 2.51 bits per heavy atom. The molecule has 230 valence electrons. The summed E-state index contributed by atoms with van der Waals surface area (Å²) in [6.07, 6.45) is 5.94. The van der Waals surface area contributed by atoms with Crippen LogP contribution < -0.4 is 9.80 Å². The number of hydrogen-bond donors (Lipinski definition) is 0. The summed E-state index contributed by atoms with van der Waals surface area (Å²) in [5.74, 6) is -0.541. The normalized spacial score (nSPS) is 18.1. The number of likely N-dealkylation sites (N-methyl/N-ethyl adjacent to an activating group) is 1. The largest absolute Gasteiger partial charge is 0.354 e. The van der Waals surface area contributed by atoms with Gasteiger partial charge in [0.25, 0.3) is 0 Å². The van der Waals surface area contributed by atoms with Gasteiger partial charge in [0.1, 0.15) is 23.6 Å². The van der Waals surface area contributed by atoms with Gasteiger partial charge in [0, 0.05) is 57.5 Å². The minimum Gasteiger partial charge on any atom is -0.354 e. The minimum absolute atomic E-state index is 0.155. The molecular formula is C30H40F2N10O. The molecule has 0 saturated carbocycles. The van der Waals surface area contributed by atoms with Crippen LogP contribution in [0.1, 0.15) is 32.1 Å². The first-order valence-corrected chi connectivity index (χ1v) is 14.8. The minimum atomic E-state index is -0.508. The second-order valence-electron chi connectivity index (χ2n) is 11.9. The number of likely N-dealkylation sites (tertiary alicyclic amines) is 1. The smallest absolute Gasteiger partial charge is 0.236 e. The molecule has 2 aliphatic heterocycles. The van der Waals surface area contributed by atoms with Crippen molar-refractivity contribution >= 4 is 23.2 Å². The van der Waals surface area contributed by atoms with Gasteiger partial charge in [-0.15, -0.1) is 0 Å². The van der Waals surface area contributed by atoms with E-state index in [4.69, 9.17) is 15.2 Å². The van der Waals surface area contributed by atoms with Crippen LogP contribution in [-0.2, 0) is 4.79 Å². The standard InChI is InChI=1S/C30H40F2N10O/c1-37(2)16-17-41(23-6-5-13-40(20-23)26(43)9-12-33)30-27(32)29(39-14-10-22(11-15-39)38(3)4)35-28(36-30)24-18-34-25-8-7-21(31)19-42(24)25/h7-8,18-19,22-23H,5-6,9-11,13-17,20H2,1-4H3/t23-/m1/s1. The lowest BCUT2D eigenvalue weighted by Crippen LogP contribution is -2.52. The van der Waals surface area contributed by atoms with Crippen LogP contribution >= 0.6 is 0 Å². The van der Waals surface area contributed by atoms with Crippen LogP contribution in [-0.4, -0.2) is 120 Å². The van der Waals surface area contributed by atoms with E-state index in [1.165, 1.54) is 12.3 Å². The Labute approximate surface area is 251 Å². The van der Waals surface area contributed by atoms with Crippen LogP contribution in [0.2, 0.25) is 0 Å². The number of rotatable bonds is 9. The second-order valence-corrected chi connectivity index (χ2v) is 11.9. The molecule has 0 aromatic carbocycles. The molecule has 43 heavy (non-hydrogen) atoms. The van der Waals surface area contributed by atoms with Gasteiger partial charge in [-0.05, 0) is 66.0 Å². The van der Waals surface area contributed by atoms with E-state index in [1.807, 2.05) is 34.9 Å². The summed E-state index contributed by atoms with van der Waals surface area (Å²) < 4.78 is 32.7. The number of pyridine rings is 1. The molecule has 5 rings (SSSR count). The summed E-state index contributed by atoms with van der Waals surface area (Å²) in [7, 11) is 8.03. The zero-order valence-corrected chi connectivity index (χ0v) is 25.4. The first-order chi connectivity index (χ1) is 20.7. The highest BCUT2D eigenvalue weighted by Gasteiger charge is 2.33. The zero-order valence-electron chi connectivity index (χ0n) is 25.4. The number of carbonyl (C=O) groups is 1. The number of aromatic nitrogens is 4. The van der Waals surface area contributed by atoms with E-state index in [0.29, 0.717) is 56.7 Å². The number of imidazole rings is 1. The molecule has 0 N–H and O–H groups in total. The summed E-state index contributed by atoms with van der Waals surface area (Å²) in [5, 5.41) is 9.10. The molecule has 13 heteroatoms. The zero-order chi connectivity index (χ0) is 30.7. The number of halogens is 2. The molecule has 0 radical (unpaired) electrons. The highest BCUT2D eigenvalue weighted by atomic mass is 19.1. The van der Waals surface area contributed by atoms with Crippen LogP contribution in [0.25, 0.3) is 17.2 Å². The van der Waals surface area contributed by atoms with Crippen LogP contribution in [0, 0.1) is 23.0 Å². The van der Waals surface area contributed by atoms with Gasteiger partial charge in [-0.3, -0.25) is 9.20 Å². The van der Waals surface area contributed by atoms with Gasteiger partial charge in [0.05, 0.1) is 12.3 Å². The van der Waals surface area contributed by atoms with Crippen molar-refractivity contribution in [3.63, 3.8) is 0 Å². The van der Waals surface area contributed by atoms with Gasteiger partial charge in [0.2, 0.25) is 11.7 Å². The van der Waals surface area contributed by atoms with Gasteiger partial charge >= 0.3 is 0 Å². The van der Waals surface area contributed by atoms with Gasteiger partial charge in [-0.25, -0.2) is 19.3 Å². The number of nitriles is 1. The Morgan fingerprint density at radius 1 is 1.05 bits per heavy atom. The van der Waals surface area contributed by atoms with Crippen molar-refractivity contribution in [3.05, 3.63) is 36.2 Å². The number of nitrogens with zero attached hydrogens (tertiary/aromatic N) is 10. The Kier molecular flexibility index (Phi) is 9.37. The molecule has 1 atom stereocenters. The third-order valence-electron chi connectivity index (χ3n) is 8.49. The van der Waals surface area contributed by atoms with Gasteiger partial charge in [0.15, 0.2) is 17.5 Å². The number of amides is 1. The molecule has 0 aliphatic carbocycles. The summed E-state index contributed by atoms with van der Waals surface area (Å²) in [5.41, 5.74) is 0.991. The number of fused-ring (bicyclic) bond motifs is 1. The first-order valence-electron chi connectivity index (χ1n) is 14.8. The maximum absolute atomic E-state index is 16.8. The highest BCUT2D eigenvalue weighted by molar-refractivity contribution is 5.78. The van der Waals surface area contributed by atoms with Gasteiger partial charge in [-0.2, -0.15) is 9.65 Å². The summed E-state index contributed by atoms with van der Waals surface area (Å²) in [4.78, 5) is 36.5. The molecule has 2 saturated heterocycles. The molecule has 2 fully saturated rings. The second kappa shape index (κ2) is 13.2. The van der Waals surface area contributed by atoms with Crippen molar-refractivity contribution < 1.29 is 13.6 Å². The highest BCUT2D eigenvalue weighted by Crippen LogP contribution is 2.33. The SMILES string of the molecule is CN(C)CCN(c1nc(-c2cnc3ccc(F)cn23)nc(N2CCC(N(C)C)CC2)c1F)[C@@H]1CCCN(C(=O)CC#N)C1. The van der Waals surface area contributed by atoms with Crippen LogP contribution in [0.3, 0.4) is 0 Å². The molecule has 3 aromatic heterocycles. The summed E-state index contributed by atoms with van der Waals surface area (Å²) >= 11 is 0. The molecule has 0 unspecified atom stereocenters. The summed E-state index contributed by atoms with van der Waals surface area (Å²) in [6.45, 7) is 3.30. The Bertz CT molecular complexity index is 1480. The molecule has 3 aromatic rings. The number of anilines is 2. The molecule has 0 bridgehead atoms. The molecule has 5 heterocycles. The predicted molar refractivity (Wildman–Crippen MR) is 161 cm³/mol. The lowest BCUT2D eigenvalue weighted by Gasteiger charge is -2.41. The average molecular weight is 595 g/mol. The fourth-order valence-electron chi connectivity index (χ4n) is 6.04. The van der Waals surface area contributed by atoms with Gasteiger partial charge in [-0.1, -0.05) is 0 Å². The quantitative estimate of drug-likeness (QED) is 0.370. The van der Waals surface area contributed by atoms with Crippen molar-refractivity contribution in [1.82, 2.24) is 34.1 Å². The van der Waals surface area contributed by atoms with Crippen molar-refractivity contribution in [2.75, 3.05) is 77.3 Å². The molecule has 1 amide bonds. The van der Waals surface area contributed by atoms with E-state index < -0.39 is 11.6 Å². The van der Waals surface area contributed by atoms with Crippen molar-refractivity contribution in [1.29, 1.82) is 5.26 Å². The monoisotopic (exact) mass is 594 g/mol. The summed E-state index contributed by atoms with van der Waals surface area (Å²) in [6, 6.07) is 5.06. The van der Waals surface area contributed by atoms with Crippen molar-refractivity contribution in [3.8, 4) is 17.6 Å². The van der Waals surface area contributed by atoms with E-state index >= 15 is 4.39 Å². The van der Waals surface area contributed by atoms with Crippen LogP contribution in [0.5, 0.6) is 0 Å². The van der Waals surface area contributed by atoms with E-state index in [-0.39, 0.29) is 35.8 Å². The average Bonchev–Trinajstić information content (AvgIpc) is 3.41. The molecular weight excluding hydrogens is 554 g/mol. The Hall–Kier alpha value is -3.89. The van der Waals surface area contributed by atoms with Crippen LogP contribution in [0.4, 0.5) is 20.4 Å². The van der Waals surface area contributed by atoms with E-state index in [1.54, 1.807) is 21.6 Å². The van der Waals surface area contributed by atoms with E-state index in [0.717, 1.165) is 25.7 Å². The lowest BCUT2D eigenvalue weighted by molar-refractivity contribution is -0.131. The molecule has 2 aliphatic rings. The fraction of sp³-hybridized carbons (Fsp3) is 0.567. The van der Waals surface area contributed by atoms with Crippen molar-refractivity contribution in [2.45, 2.75) is 44.2 Å². The molecule has 11 nitrogen and oxygen atoms in total. The maximum Gasteiger partial charge on any atom is 0.236 e. The number of carbonyl (C=O) groups excluding carboxylic acids is 1. The van der Waals surface area contributed by atoms with Crippen molar-refractivity contribution in [2.24, 2.45) is 0 Å². The van der Waals surface area contributed by atoms with E-state index in [9.17, 15) is 9.18 Å². The Morgan fingerprint density at radius 2 is 1.81 bits per heavy atom. The fourth-order valence-corrected chi connectivity index (χ4v) is 6.04. The van der Waals surface area contributed by atoms with Gasteiger partial charge < -0.3 is 24.5 Å². The topological polar surface area (TPSA) is 100 Å². The number of piperidine rings is 2. The Balaban J connectivity index is 1.61. The third kappa shape index (κ3) is 6.70. The van der Waals surface area contributed by atoms with Crippen LogP contribution in [0.15, 0.2) is 24.5 Å². The first kappa shape index (κ1) is 30.6. The maximum atomic E-state index is 16.8. The lowest BCUT2D eigenvalue weighted by atomic mass is 10.0. The third-order valence-corrected chi connectivity index (χ3v) is 8.49.